The maximum absolute atomic E-state index is 13.2. The number of ether oxygens (including phenoxy) is 1. The lowest BCUT2D eigenvalue weighted by molar-refractivity contribution is -0.123. The van der Waals surface area contributed by atoms with Crippen LogP contribution in [0.4, 0.5) is 5.69 Å². The number of carbonyl (C=O) groups is 1. The van der Waals surface area contributed by atoms with Crippen molar-refractivity contribution in [1.29, 1.82) is 0 Å². The summed E-state index contributed by atoms with van der Waals surface area (Å²) < 4.78 is 33.5. The molecule has 0 spiro atoms. The molecule has 1 amide bonds. The van der Waals surface area contributed by atoms with Gasteiger partial charge in [-0.1, -0.05) is 48.5 Å². The third-order valence-corrected chi connectivity index (χ3v) is 7.42. The van der Waals surface area contributed by atoms with E-state index in [1.54, 1.807) is 19.1 Å². The number of carbonyl (C=O) groups excluding carboxylic acids is 1. The molecule has 1 atom stereocenters. The molecule has 4 rings (SSSR count). The Morgan fingerprint density at radius 1 is 1.06 bits per heavy atom. The van der Waals surface area contributed by atoms with Crippen LogP contribution in [-0.4, -0.2) is 27.5 Å². The average molecular weight is 451 g/mol. The van der Waals surface area contributed by atoms with Crippen LogP contribution in [-0.2, 0) is 21.2 Å². The molecule has 32 heavy (non-hydrogen) atoms. The quantitative estimate of drug-likeness (QED) is 0.590. The average Bonchev–Trinajstić information content (AvgIpc) is 3.24. The van der Waals surface area contributed by atoms with Gasteiger partial charge in [-0.3, -0.25) is 9.10 Å². The van der Waals surface area contributed by atoms with Crippen molar-refractivity contribution in [3.63, 3.8) is 0 Å². The van der Waals surface area contributed by atoms with Gasteiger partial charge in [0.15, 0.2) is 6.61 Å². The van der Waals surface area contributed by atoms with Crippen LogP contribution in [0, 0.1) is 6.92 Å². The van der Waals surface area contributed by atoms with Crippen molar-refractivity contribution in [1.82, 2.24) is 5.32 Å². The fourth-order valence-electron chi connectivity index (χ4n) is 3.88. The standard InChI is InChI=1S/C25H26N2O4S/c1-18-16-22(32(29,30)27-15-14-21-10-6-7-11-23(21)27)12-13-24(18)31-17-25(28)26-19(2)20-8-4-3-5-9-20/h3-13,16,19H,14-15,17H2,1-2H3,(H,26,28)/t19-/m0/s1. The predicted molar refractivity (Wildman–Crippen MR) is 124 cm³/mol. The van der Waals surface area contributed by atoms with E-state index in [1.807, 2.05) is 61.5 Å². The molecule has 7 heteroatoms. The Bertz CT molecular complexity index is 1230. The minimum Gasteiger partial charge on any atom is -0.484 e. The number of nitrogens with zero attached hydrogens (tertiary/aromatic N) is 1. The highest BCUT2D eigenvalue weighted by Crippen LogP contribution is 2.33. The first-order chi connectivity index (χ1) is 15.4. The van der Waals surface area contributed by atoms with Gasteiger partial charge in [-0.15, -0.1) is 0 Å². The molecule has 1 aliphatic heterocycles. The number of hydrogen-bond acceptors (Lipinski definition) is 4. The van der Waals surface area contributed by atoms with Gasteiger partial charge in [-0.25, -0.2) is 8.42 Å². The van der Waals surface area contributed by atoms with Crippen LogP contribution in [0.25, 0.3) is 0 Å². The molecule has 1 heterocycles. The maximum Gasteiger partial charge on any atom is 0.264 e. The number of anilines is 1. The Morgan fingerprint density at radius 3 is 2.53 bits per heavy atom. The second kappa shape index (κ2) is 9.04. The highest BCUT2D eigenvalue weighted by Gasteiger charge is 2.30. The molecule has 0 bridgehead atoms. The Labute approximate surface area is 188 Å². The molecular weight excluding hydrogens is 424 g/mol. The number of aryl methyl sites for hydroxylation is 1. The maximum atomic E-state index is 13.2. The van der Waals surface area contributed by atoms with Crippen LogP contribution in [0.2, 0.25) is 0 Å². The van der Waals surface area contributed by atoms with Crippen LogP contribution in [0.5, 0.6) is 5.75 Å². The molecule has 0 saturated carbocycles. The third kappa shape index (κ3) is 4.48. The van der Waals surface area contributed by atoms with Crippen molar-refractivity contribution in [3.8, 4) is 5.75 Å². The summed E-state index contributed by atoms with van der Waals surface area (Å²) >= 11 is 0. The van der Waals surface area contributed by atoms with Gasteiger partial charge in [0.1, 0.15) is 5.75 Å². The Kier molecular flexibility index (Phi) is 6.19. The van der Waals surface area contributed by atoms with Gasteiger partial charge in [0.2, 0.25) is 0 Å². The van der Waals surface area contributed by atoms with E-state index in [-0.39, 0.29) is 23.5 Å². The Morgan fingerprint density at radius 2 is 1.78 bits per heavy atom. The smallest absolute Gasteiger partial charge is 0.264 e. The molecule has 0 aromatic heterocycles. The van der Waals surface area contributed by atoms with E-state index in [2.05, 4.69) is 5.32 Å². The molecular formula is C25H26N2O4S. The van der Waals surface area contributed by atoms with E-state index in [4.69, 9.17) is 4.74 Å². The van der Waals surface area contributed by atoms with E-state index in [1.165, 1.54) is 10.4 Å². The largest absolute Gasteiger partial charge is 0.484 e. The zero-order valence-electron chi connectivity index (χ0n) is 18.1. The van der Waals surface area contributed by atoms with E-state index in [0.29, 0.717) is 24.3 Å². The van der Waals surface area contributed by atoms with Gasteiger partial charge >= 0.3 is 0 Å². The summed E-state index contributed by atoms with van der Waals surface area (Å²) in [6.07, 6.45) is 0.700. The minimum atomic E-state index is -3.67. The molecule has 0 radical (unpaired) electrons. The summed E-state index contributed by atoms with van der Waals surface area (Å²) in [7, 11) is -3.67. The highest BCUT2D eigenvalue weighted by molar-refractivity contribution is 7.92. The van der Waals surface area contributed by atoms with Crippen molar-refractivity contribution in [2.45, 2.75) is 31.2 Å². The lowest BCUT2D eigenvalue weighted by Crippen LogP contribution is -2.31. The summed E-state index contributed by atoms with van der Waals surface area (Å²) in [6, 6.07) is 21.8. The first kappa shape index (κ1) is 21.9. The molecule has 0 unspecified atom stereocenters. The normalized spacial score (nSPS) is 14.0. The predicted octanol–water partition coefficient (Wildman–Crippen LogP) is 4.00. The highest BCUT2D eigenvalue weighted by atomic mass is 32.2. The fourth-order valence-corrected chi connectivity index (χ4v) is 5.47. The minimum absolute atomic E-state index is 0.135. The molecule has 1 N–H and O–H groups in total. The lowest BCUT2D eigenvalue weighted by atomic mass is 10.1. The van der Waals surface area contributed by atoms with E-state index < -0.39 is 10.0 Å². The summed E-state index contributed by atoms with van der Waals surface area (Å²) in [5.74, 6) is 0.236. The number of benzene rings is 3. The first-order valence-electron chi connectivity index (χ1n) is 10.5. The molecule has 1 aliphatic rings. The van der Waals surface area contributed by atoms with Crippen molar-refractivity contribution >= 4 is 21.6 Å². The molecule has 3 aromatic carbocycles. The zero-order chi connectivity index (χ0) is 22.7. The SMILES string of the molecule is Cc1cc(S(=O)(=O)N2CCc3ccccc32)ccc1OCC(=O)N[C@@H](C)c1ccccc1. The number of nitrogens with one attached hydrogen (secondary N) is 1. The molecule has 6 nitrogen and oxygen atoms in total. The number of para-hydroxylation sites is 1. The summed E-state index contributed by atoms with van der Waals surface area (Å²) in [5.41, 5.74) is 3.43. The van der Waals surface area contributed by atoms with Gasteiger partial charge < -0.3 is 10.1 Å². The summed E-state index contributed by atoms with van der Waals surface area (Å²) in [6.45, 7) is 3.97. The van der Waals surface area contributed by atoms with Crippen LogP contribution in [0.3, 0.4) is 0 Å². The monoisotopic (exact) mass is 450 g/mol. The second-order valence-electron chi connectivity index (χ2n) is 7.87. The van der Waals surface area contributed by atoms with Crippen molar-refractivity contribution in [2.24, 2.45) is 0 Å². The number of hydrogen-bond donors (Lipinski definition) is 1. The van der Waals surface area contributed by atoms with Gasteiger partial charge in [0, 0.05) is 6.54 Å². The summed E-state index contributed by atoms with van der Waals surface area (Å²) in [5, 5.41) is 2.90. The van der Waals surface area contributed by atoms with Gasteiger partial charge in [-0.05, 0) is 61.2 Å². The van der Waals surface area contributed by atoms with Gasteiger partial charge in [-0.2, -0.15) is 0 Å². The van der Waals surface area contributed by atoms with Crippen molar-refractivity contribution in [3.05, 3.63) is 89.5 Å². The summed E-state index contributed by atoms with van der Waals surface area (Å²) in [4.78, 5) is 12.5. The topological polar surface area (TPSA) is 75.7 Å². The van der Waals surface area contributed by atoms with Crippen LogP contribution in [0.1, 0.15) is 29.7 Å². The zero-order valence-corrected chi connectivity index (χ0v) is 18.9. The molecule has 3 aromatic rings. The third-order valence-electron chi connectivity index (χ3n) is 5.61. The first-order valence-corrected chi connectivity index (χ1v) is 12.0. The Hall–Kier alpha value is -3.32. The van der Waals surface area contributed by atoms with E-state index >= 15 is 0 Å². The molecule has 0 saturated heterocycles. The fraction of sp³-hybridized carbons (Fsp3) is 0.240. The molecule has 166 valence electrons. The molecule has 0 fully saturated rings. The van der Waals surface area contributed by atoms with E-state index in [9.17, 15) is 13.2 Å². The Balaban J connectivity index is 1.42. The van der Waals surface area contributed by atoms with Crippen LogP contribution < -0.4 is 14.4 Å². The number of rotatable bonds is 7. The van der Waals surface area contributed by atoms with Gasteiger partial charge in [0.05, 0.1) is 16.6 Å². The van der Waals surface area contributed by atoms with E-state index in [0.717, 1.165) is 16.8 Å². The number of sulfonamides is 1. The van der Waals surface area contributed by atoms with Gasteiger partial charge in [0.25, 0.3) is 15.9 Å². The number of amides is 1. The van der Waals surface area contributed by atoms with Crippen molar-refractivity contribution in [2.75, 3.05) is 17.5 Å². The molecule has 0 aliphatic carbocycles. The number of fused-ring (bicyclic) bond motifs is 1. The van der Waals surface area contributed by atoms with Crippen molar-refractivity contribution < 1.29 is 17.9 Å². The lowest BCUT2D eigenvalue weighted by Gasteiger charge is -2.20. The van der Waals surface area contributed by atoms with Crippen LogP contribution in [0.15, 0.2) is 77.7 Å². The second-order valence-corrected chi connectivity index (χ2v) is 9.73. The van der Waals surface area contributed by atoms with Crippen LogP contribution >= 0.6 is 0 Å².